The van der Waals surface area contributed by atoms with E-state index in [1.54, 1.807) is 11.3 Å². The van der Waals surface area contributed by atoms with E-state index in [1.165, 1.54) is 17.7 Å². The second-order valence-electron chi connectivity index (χ2n) is 6.46. The molecule has 0 spiro atoms. The van der Waals surface area contributed by atoms with Crippen LogP contribution in [0.4, 0.5) is 0 Å². The number of β-amino-alcohol motifs (C(OH)–C–C–N with tert-alkyl or cyclic N) is 1. The number of thiophene rings is 1. The van der Waals surface area contributed by atoms with Crippen LogP contribution in [0, 0.1) is 6.92 Å². The molecule has 116 valence electrons. The van der Waals surface area contributed by atoms with Crippen LogP contribution in [0.2, 0.25) is 0 Å². The maximum Gasteiger partial charge on any atom is 0.227 e. The molecular formula is C16H24N2O2S. The lowest BCUT2D eigenvalue weighted by atomic mass is 10.0. The van der Waals surface area contributed by atoms with Gasteiger partial charge in [-0.25, -0.2) is 0 Å². The van der Waals surface area contributed by atoms with Gasteiger partial charge < -0.3 is 14.9 Å². The van der Waals surface area contributed by atoms with Crippen LogP contribution in [0.25, 0.3) is 0 Å². The van der Waals surface area contributed by atoms with Gasteiger partial charge >= 0.3 is 0 Å². The lowest BCUT2D eigenvalue weighted by molar-refractivity contribution is -0.130. The smallest absolute Gasteiger partial charge is 0.227 e. The molecule has 4 nitrogen and oxygen atoms in total. The number of aliphatic hydroxyl groups is 1. The number of carbonyl (C=O) groups is 1. The average molecular weight is 308 g/mol. The van der Waals surface area contributed by atoms with Crippen molar-refractivity contribution in [2.75, 3.05) is 32.7 Å². The summed E-state index contributed by atoms with van der Waals surface area (Å²) < 4.78 is 0. The van der Waals surface area contributed by atoms with Crippen LogP contribution in [0.15, 0.2) is 12.1 Å². The number of amides is 1. The summed E-state index contributed by atoms with van der Waals surface area (Å²) in [7, 11) is 0. The molecule has 2 aliphatic heterocycles. The van der Waals surface area contributed by atoms with Gasteiger partial charge in [0.2, 0.25) is 5.91 Å². The van der Waals surface area contributed by atoms with E-state index in [4.69, 9.17) is 0 Å². The minimum absolute atomic E-state index is 0.147. The van der Waals surface area contributed by atoms with Crippen LogP contribution in [-0.4, -0.2) is 59.1 Å². The highest BCUT2D eigenvalue weighted by Crippen LogP contribution is 2.25. The van der Waals surface area contributed by atoms with Crippen LogP contribution in [-0.2, 0) is 11.2 Å². The molecule has 0 bridgehead atoms. The standard InChI is InChI=1S/C16H24N2O2S/c1-13-4-5-14(21-13)10-15(19)18-9-6-16(20,12-18)11-17-7-2-3-8-17/h4-5,20H,2-3,6-12H2,1H3/t16-/m0/s1. The van der Waals surface area contributed by atoms with Gasteiger partial charge in [0.1, 0.15) is 0 Å². The molecule has 0 radical (unpaired) electrons. The Morgan fingerprint density at radius 1 is 1.33 bits per heavy atom. The second kappa shape index (κ2) is 6.07. The lowest BCUT2D eigenvalue weighted by Crippen LogP contribution is -2.45. The summed E-state index contributed by atoms with van der Waals surface area (Å²) in [6.45, 7) is 6.13. The normalized spacial score (nSPS) is 26.7. The Morgan fingerprint density at radius 2 is 2.10 bits per heavy atom. The topological polar surface area (TPSA) is 43.8 Å². The van der Waals surface area contributed by atoms with Crippen LogP contribution in [0.3, 0.4) is 0 Å². The molecule has 0 aliphatic carbocycles. The monoisotopic (exact) mass is 308 g/mol. The summed E-state index contributed by atoms with van der Waals surface area (Å²) in [5, 5.41) is 10.7. The second-order valence-corrected chi connectivity index (χ2v) is 7.83. The molecule has 1 N–H and O–H groups in total. The first-order valence-electron chi connectivity index (χ1n) is 7.82. The third kappa shape index (κ3) is 3.65. The van der Waals surface area contributed by atoms with E-state index in [1.807, 2.05) is 11.0 Å². The van der Waals surface area contributed by atoms with E-state index in [2.05, 4.69) is 17.9 Å². The largest absolute Gasteiger partial charge is 0.387 e. The third-order valence-corrected chi connectivity index (χ3v) is 5.52. The Hall–Kier alpha value is -0.910. The Bertz CT molecular complexity index is 510. The van der Waals surface area contributed by atoms with E-state index in [0.717, 1.165) is 24.5 Å². The summed E-state index contributed by atoms with van der Waals surface area (Å²) in [4.78, 5) is 18.9. The van der Waals surface area contributed by atoms with E-state index < -0.39 is 5.60 Å². The van der Waals surface area contributed by atoms with Crippen molar-refractivity contribution in [2.45, 2.75) is 38.2 Å². The Balaban J connectivity index is 1.54. The molecule has 5 heteroatoms. The van der Waals surface area contributed by atoms with Gasteiger partial charge in [-0.05, 0) is 51.4 Å². The van der Waals surface area contributed by atoms with Crippen LogP contribution in [0.1, 0.15) is 29.0 Å². The molecule has 1 aromatic heterocycles. The van der Waals surface area contributed by atoms with Crippen molar-refractivity contribution >= 4 is 17.2 Å². The number of rotatable bonds is 4. The van der Waals surface area contributed by atoms with Gasteiger partial charge in [-0.1, -0.05) is 0 Å². The van der Waals surface area contributed by atoms with Gasteiger partial charge in [0.25, 0.3) is 0 Å². The van der Waals surface area contributed by atoms with Crippen molar-refractivity contribution in [3.63, 3.8) is 0 Å². The van der Waals surface area contributed by atoms with Crippen LogP contribution < -0.4 is 0 Å². The zero-order valence-corrected chi connectivity index (χ0v) is 13.5. The number of carbonyl (C=O) groups excluding carboxylic acids is 1. The van der Waals surface area contributed by atoms with E-state index in [0.29, 0.717) is 25.9 Å². The first-order valence-corrected chi connectivity index (χ1v) is 8.64. The van der Waals surface area contributed by atoms with E-state index in [-0.39, 0.29) is 5.91 Å². The predicted octanol–water partition coefficient (Wildman–Crippen LogP) is 1.66. The van der Waals surface area contributed by atoms with Crippen molar-refractivity contribution < 1.29 is 9.90 Å². The first-order chi connectivity index (χ1) is 10.0. The zero-order valence-electron chi connectivity index (χ0n) is 12.7. The average Bonchev–Trinajstić information content (AvgIpc) is 3.13. The van der Waals surface area contributed by atoms with E-state index >= 15 is 0 Å². The van der Waals surface area contributed by atoms with Crippen molar-refractivity contribution in [1.29, 1.82) is 0 Å². The quantitative estimate of drug-likeness (QED) is 0.920. The summed E-state index contributed by atoms with van der Waals surface area (Å²) in [5.74, 6) is 0.147. The molecule has 2 fully saturated rings. The molecule has 0 unspecified atom stereocenters. The maximum absolute atomic E-state index is 12.4. The molecule has 2 saturated heterocycles. The summed E-state index contributed by atoms with van der Waals surface area (Å²) in [6, 6.07) is 4.09. The van der Waals surface area contributed by atoms with Gasteiger partial charge in [0, 0.05) is 22.8 Å². The van der Waals surface area contributed by atoms with E-state index in [9.17, 15) is 9.90 Å². The van der Waals surface area contributed by atoms with Gasteiger partial charge in [-0.3, -0.25) is 4.79 Å². The number of hydrogen-bond acceptors (Lipinski definition) is 4. The Kier molecular flexibility index (Phi) is 4.33. The SMILES string of the molecule is Cc1ccc(CC(=O)N2CC[C@](O)(CN3CCCC3)C2)s1. The molecule has 1 aromatic rings. The van der Waals surface area contributed by atoms with Crippen molar-refractivity contribution in [3.8, 4) is 0 Å². The van der Waals surface area contributed by atoms with Crippen molar-refractivity contribution in [1.82, 2.24) is 9.80 Å². The summed E-state index contributed by atoms with van der Waals surface area (Å²) in [6.07, 6.45) is 3.64. The molecule has 0 aromatic carbocycles. The summed E-state index contributed by atoms with van der Waals surface area (Å²) >= 11 is 1.68. The van der Waals surface area contributed by atoms with Gasteiger partial charge in [0.15, 0.2) is 0 Å². The third-order valence-electron chi connectivity index (χ3n) is 4.52. The lowest BCUT2D eigenvalue weighted by Gasteiger charge is -2.28. The minimum Gasteiger partial charge on any atom is -0.387 e. The fourth-order valence-electron chi connectivity index (χ4n) is 3.40. The highest BCUT2D eigenvalue weighted by molar-refractivity contribution is 7.12. The van der Waals surface area contributed by atoms with Gasteiger partial charge in [-0.15, -0.1) is 11.3 Å². The molecule has 0 saturated carbocycles. The Labute approximate surface area is 130 Å². The summed E-state index contributed by atoms with van der Waals surface area (Å²) in [5.41, 5.74) is -0.703. The van der Waals surface area contributed by atoms with Crippen LogP contribution in [0.5, 0.6) is 0 Å². The minimum atomic E-state index is -0.703. The molecule has 3 rings (SSSR count). The first kappa shape index (κ1) is 15.0. The molecule has 2 aliphatic rings. The molecule has 1 atom stereocenters. The highest BCUT2D eigenvalue weighted by atomic mass is 32.1. The molecule has 3 heterocycles. The van der Waals surface area contributed by atoms with Crippen molar-refractivity contribution in [3.05, 3.63) is 21.9 Å². The Morgan fingerprint density at radius 3 is 2.76 bits per heavy atom. The van der Waals surface area contributed by atoms with Crippen LogP contribution >= 0.6 is 11.3 Å². The van der Waals surface area contributed by atoms with Gasteiger partial charge in [0.05, 0.1) is 18.6 Å². The van der Waals surface area contributed by atoms with Crippen molar-refractivity contribution in [2.24, 2.45) is 0 Å². The predicted molar refractivity (Wildman–Crippen MR) is 84.6 cm³/mol. The van der Waals surface area contributed by atoms with Gasteiger partial charge in [-0.2, -0.15) is 0 Å². The molecular weight excluding hydrogens is 284 g/mol. The highest BCUT2D eigenvalue weighted by Gasteiger charge is 2.39. The zero-order chi connectivity index (χ0) is 14.9. The number of aryl methyl sites for hydroxylation is 1. The maximum atomic E-state index is 12.4. The molecule has 21 heavy (non-hydrogen) atoms. The fourth-order valence-corrected chi connectivity index (χ4v) is 4.28. The number of hydrogen-bond donors (Lipinski definition) is 1. The fraction of sp³-hybridized carbons (Fsp3) is 0.688. The molecule has 1 amide bonds. The number of likely N-dealkylation sites (tertiary alicyclic amines) is 2. The number of nitrogens with zero attached hydrogens (tertiary/aromatic N) is 2.